The normalized spacial score (nSPS) is 20.3. The van der Waals surface area contributed by atoms with Crippen molar-refractivity contribution < 1.29 is 19.0 Å². The highest BCUT2D eigenvalue weighted by Gasteiger charge is 2.32. The Labute approximate surface area is 92.2 Å². The summed E-state index contributed by atoms with van der Waals surface area (Å²) in [5.74, 6) is -0.528. The lowest BCUT2D eigenvalue weighted by Crippen LogP contribution is -2.26. The summed E-state index contributed by atoms with van der Waals surface area (Å²) in [6, 6.07) is 4.35. The number of halogens is 1. The second-order valence-corrected chi connectivity index (χ2v) is 3.65. The minimum Gasteiger partial charge on any atom is -0.494 e. The van der Waals surface area contributed by atoms with E-state index in [1.54, 1.807) is 6.07 Å². The fourth-order valence-electron chi connectivity index (χ4n) is 1.83. The summed E-state index contributed by atoms with van der Waals surface area (Å²) >= 11 is 0. The van der Waals surface area contributed by atoms with Crippen LogP contribution in [0.2, 0.25) is 0 Å². The third kappa shape index (κ3) is 1.74. The first-order valence-electron chi connectivity index (χ1n) is 4.94. The Balaban J connectivity index is 2.43. The molecule has 2 rings (SSSR count). The van der Waals surface area contributed by atoms with Crippen LogP contribution in [0.4, 0.5) is 10.1 Å². The van der Waals surface area contributed by atoms with Crippen LogP contribution in [0.15, 0.2) is 18.2 Å². The van der Waals surface area contributed by atoms with Crippen LogP contribution < -0.4 is 9.64 Å². The third-order valence-electron chi connectivity index (χ3n) is 2.54. The Kier molecular flexibility index (Phi) is 2.78. The lowest BCUT2D eigenvalue weighted by Gasteiger charge is -2.19. The van der Waals surface area contributed by atoms with Crippen molar-refractivity contribution in [1.29, 1.82) is 0 Å². The van der Waals surface area contributed by atoms with E-state index in [1.165, 1.54) is 24.1 Å². The molecule has 0 aromatic heterocycles. The first-order valence-corrected chi connectivity index (χ1v) is 4.94. The van der Waals surface area contributed by atoms with Crippen molar-refractivity contribution in [3.05, 3.63) is 24.0 Å². The molecule has 1 fully saturated rings. The maximum absolute atomic E-state index is 13.6. The summed E-state index contributed by atoms with van der Waals surface area (Å²) < 4.78 is 18.6. The quantitative estimate of drug-likeness (QED) is 0.814. The first kappa shape index (κ1) is 10.9. The molecular weight excluding hydrogens is 213 g/mol. The molecule has 0 spiro atoms. The summed E-state index contributed by atoms with van der Waals surface area (Å²) in [4.78, 5) is 12.8. The van der Waals surface area contributed by atoms with Gasteiger partial charge in [-0.1, -0.05) is 6.07 Å². The van der Waals surface area contributed by atoms with Crippen LogP contribution >= 0.6 is 0 Å². The van der Waals surface area contributed by atoms with E-state index in [0.717, 1.165) is 0 Å². The van der Waals surface area contributed by atoms with Gasteiger partial charge in [-0.2, -0.15) is 0 Å². The van der Waals surface area contributed by atoms with Crippen LogP contribution in [0.5, 0.6) is 5.75 Å². The average Bonchev–Trinajstić information content (AvgIpc) is 2.57. The standard InChI is InChI=1S/C11H12FNO3/c1-16-9-4-2-3-8(12)11(9)13-6-7(14)5-10(13)15/h2-4,7,14H,5-6H2,1H3. The molecule has 16 heavy (non-hydrogen) atoms. The number of anilines is 1. The predicted molar refractivity (Wildman–Crippen MR) is 55.9 cm³/mol. The topological polar surface area (TPSA) is 49.8 Å². The molecule has 0 bridgehead atoms. The number of aliphatic hydroxyl groups excluding tert-OH is 1. The highest BCUT2D eigenvalue weighted by atomic mass is 19.1. The zero-order valence-corrected chi connectivity index (χ0v) is 8.81. The van der Waals surface area contributed by atoms with Gasteiger partial charge in [0.1, 0.15) is 11.4 Å². The highest BCUT2D eigenvalue weighted by Crippen LogP contribution is 2.33. The van der Waals surface area contributed by atoms with Gasteiger partial charge in [0.05, 0.1) is 26.2 Å². The second-order valence-electron chi connectivity index (χ2n) is 3.65. The third-order valence-corrected chi connectivity index (χ3v) is 2.54. The number of benzene rings is 1. The van der Waals surface area contributed by atoms with Crippen molar-refractivity contribution >= 4 is 11.6 Å². The summed E-state index contributed by atoms with van der Waals surface area (Å²) in [6.07, 6.45) is -0.714. The summed E-state index contributed by atoms with van der Waals surface area (Å²) in [5.41, 5.74) is 0.103. The molecule has 1 aromatic carbocycles. The number of nitrogens with zero attached hydrogens (tertiary/aromatic N) is 1. The molecule has 1 saturated heterocycles. The number of ether oxygens (including phenoxy) is 1. The summed E-state index contributed by atoms with van der Waals surface area (Å²) in [5, 5.41) is 9.36. The smallest absolute Gasteiger partial charge is 0.229 e. The number of amides is 1. The number of carbonyl (C=O) groups is 1. The Morgan fingerprint density at radius 1 is 1.56 bits per heavy atom. The van der Waals surface area contributed by atoms with E-state index in [1.807, 2.05) is 0 Å². The Hall–Kier alpha value is -1.62. The van der Waals surface area contributed by atoms with Gasteiger partial charge in [0.2, 0.25) is 5.91 Å². The molecule has 1 heterocycles. The summed E-state index contributed by atoms with van der Waals surface area (Å²) in [7, 11) is 1.41. The van der Waals surface area contributed by atoms with Crippen molar-refractivity contribution in [2.24, 2.45) is 0 Å². The molecule has 86 valence electrons. The van der Waals surface area contributed by atoms with E-state index in [2.05, 4.69) is 0 Å². The van der Waals surface area contributed by atoms with Gasteiger partial charge in [-0.15, -0.1) is 0 Å². The molecule has 1 aliphatic rings. The predicted octanol–water partition coefficient (Wildman–Crippen LogP) is 0.932. The van der Waals surface area contributed by atoms with Crippen LogP contribution in [0.1, 0.15) is 6.42 Å². The number of hydrogen-bond acceptors (Lipinski definition) is 3. The average molecular weight is 225 g/mol. The van der Waals surface area contributed by atoms with Gasteiger partial charge in [0, 0.05) is 0 Å². The molecule has 0 radical (unpaired) electrons. The first-order chi connectivity index (χ1) is 7.63. The SMILES string of the molecule is COc1cccc(F)c1N1CC(O)CC1=O. The van der Waals surface area contributed by atoms with Gasteiger partial charge < -0.3 is 14.7 Å². The van der Waals surface area contributed by atoms with Crippen molar-refractivity contribution in [3.8, 4) is 5.75 Å². The molecule has 5 heteroatoms. The van der Waals surface area contributed by atoms with Crippen LogP contribution in [0, 0.1) is 5.82 Å². The Bertz CT molecular complexity index is 422. The number of aliphatic hydroxyl groups is 1. The van der Waals surface area contributed by atoms with Gasteiger partial charge in [0.15, 0.2) is 5.82 Å². The molecule has 4 nitrogen and oxygen atoms in total. The van der Waals surface area contributed by atoms with Crippen molar-refractivity contribution in [2.75, 3.05) is 18.6 Å². The number of rotatable bonds is 2. The fraction of sp³-hybridized carbons (Fsp3) is 0.364. The maximum Gasteiger partial charge on any atom is 0.229 e. The Morgan fingerprint density at radius 3 is 2.88 bits per heavy atom. The van der Waals surface area contributed by atoms with Crippen molar-refractivity contribution in [3.63, 3.8) is 0 Å². The second kappa shape index (κ2) is 4.09. The largest absolute Gasteiger partial charge is 0.494 e. The lowest BCUT2D eigenvalue weighted by atomic mass is 10.2. The van der Waals surface area contributed by atoms with Gasteiger partial charge in [-0.25, -0.2) is 4.39 Å². The number of hydrogen-bond donors (Lipinski definition) is 1. The molecule has 1 N–H and O–H groups in total. The van der Waals surface area contributed by atoms with Gasteiger partial charge in [0.25, 0.3) is 0 Å². The number of para-hydroxylation sites is 1. The minimum absolute atomic E-state index is 0.0253. The monoisotopic (exact) mass is 225 g/mol. The van der Waals surface area contributed by atoms with E-state index in [0.29, 0.717) is 5.75 Å². The summed E-state index contributed by atoms with van der Waals surface area (Å²) in [6.45, 7) is 0.107. The van der Waals surface area contributed by atoms with E-state index in [4.69, 9.17) is 4.74 Å². The number of carbonyl (C=O) groups excluding carboxylic acids is 1. The minimum atomic E-state index is -0.739. The molecular formula is C11H12FNO3. The molecule has 1 aromatic rings. The van der Waals surface area contributed by atoms with E-state index in [-0.39, 0.29) is 24.6 Å². The molecule has 0 saturated carbocycles. The molecule has 0 aliphatic carbocycles. The maximum atomic E-state index is 13.6. The van der Waals surface area contributed by atoms with Crippen molar-refractivity contribution in [1.82, 2.24) is 0 Å². The number of methoxy groups -OCH3 is 1. The van der Waals surface area contributed by atoms with E-state index in [9.17, 15) is 14.3 Å². The van der Waals surface area contributed by atoms with Gasteiger partial charge >= 0.3 is 0 Å². The molecule has 1 unspecified atom stereocenters. The zero-order valence-electron chi connectivity index (χ0n) is 8.81. The van der Waals surface area contributed by atoms with Gasteiger partial charge in [-0.3, -0.25) is 4.79 Å². The van der Waals surface area contributed by atoms with Crippen molar-refractivity contribution in [2.45, 2.75) is 12.5 Å². The van der Waals surface area contributed by atoms with Crippen LogP contribution in [0.3, 0.4) is 0 Å². The fourth-order valence-corrected chi connectivity index (χ4v) is 1.83. The van der Waals surface area contributed by atoms with Gasteiger partial charge in [-0.05, 0) is 12.1 Å². The van der Waals surface area contributed by atoms with E-state index >= 15 is 0 Å². The Morgan fingerprint density at radius 2 is 2.31 bits per heavy atom. The number of β-amino-alcohol motifs (C(OH)–C–C–N with tert-alkyl or cyclic N) is 1. The van der Waals surface area contributed by atoms with Crippen LogP contribution in [0.25, 0.3) is 0 Å². The highest BCUT2D eigenvalue weighted by molar-refractivity contribution is 5.97. The molecule has 1 atom stereocenters. The molecule has 1 aliphatic heterocycles. The van der Waals surface area contributed by atoms with Crippen LogP contribution in [-0.4, -0.2) is 30.8 Å². The van der Waals surface area contributed by atoms with E-state index < -0.39 is 11.9 Å². The van der Waals surface area contributed by atoms with Crippen LogP contribution in [-0.2, 0) is 4.79 Å². The zero-order chi connectivity index (χ0) is 11.7. The molecule has 1 amide bonds. The lowest BCUT2D eigenvalue weighted by molar-refractivity contribution is -0.117.